The first kappa shape index (κ1) is 20.2. The number of ketones is 1. The van der Waals surface area contributed by atoms with E-state index in [2.05, 4.69) is 16.4 Å². The van der Waals surface area contributed by atoms with Crippen LogP contribution in [0.5, 0.6) is 0 Å². The van der Waals surface area contributed by atoms with Crippen LogP contribution in [0.4, 0.5) is 5.69 Å². The topological polar surface area (TPSA) is 95.5 Å². The molecular formula is C23H21N3O3S. The number of carbonyl (C=O) groups is 2. The van der Waals surface area contributed by atoms with E-state index in [4.69, 9.17) is 4.42 Å². The van der Waals surface area contributed by atoms with Crippen molar-refractivity contribution in [2.75, 3.05) is 11.1 Å². The van der Waals surface area contributed by atoms with Crippen molar-refractivity contribution >= 4 is 34.2 Å². The van der Waals surface area contributed by atoms with Crippen molar-refractivity contribution in [2.24, 2.45) is 10.9 Å². The molecular weight excluding hydrogens is 398 g/mol. The largest absolute Gasteiger partial charge is 0.469 e. The molecule has 2 heterocycles. The van der Waals surface area contributed by atoms with Gasteiger partial charge in [-0.2, -0.15) is 5.26 Å². The van der Waals surface area contributed by atoms with Crippen LogP contribution in [0.3, 0.4) is 0 Å². The van der Waals surface area contributed by atoms with Crippen LogP contribution in [0, 0.1) is 24.2 Å². The van der Waals surface area contributed by atoms with Crippen LogP contribution in [0.2, 0.25) is 0 Å². The Hall–Kier alpha value is -3.11. The van der Waals surface area contributed by atoms with Gasteiger partial charge in [0.1, 0.15) is 11.7 Å². The van der Waals surface area contributed by atoms with E-state index < -0.39 is 11.8 Å². The molecule has 0 spiro atoms. The number of allylic oxidation sites excluding steroid dienone is 2. The second-order valence-electron chi connectivity index (χ2n) is 7.39. The predicted octanol–water partition coefficient (Wildman–Crippen LogP) is 4.60. The molecule has 1 N–H and O–H groups in total. The SMILES string of the molecule is Cc1cccc(NC(=O)CSC2=NC3=C(C(=O)CCC3)[C@@H](c3ccco3)C2C#N)c1. The summed E-state index contributed by atoms with van der Waals surface area (Å²) in [7, 11) is 0. The predicted molar refractivity (Wildman–Crippen MR) is 116 cm³/mol. The second kappa shape index (κ2) is 8.72. The van der Waals surface area contributed by atoms with Gasteiger partial charge in [-0.1, -0.05) is 23.9 Å². The number of Topliss-reactive ketones (excluding diaryl/α,β-unsaturated/α-hetero) is 1. The number of hydrogen-bond acceptors (Lipinski definition) is 6. The molecule has 0 fully saturated rings. The number of rotatable bonds is 4. The molecule has 1 aromatic carbocycles. The van der Waals surface area contributed by atoms with Gasteiger partial charge in [0.05, 0.1) is 29.0 Å². The van der Waals surface area contributed by atoms with Gasteiger partial charge in [-0.15, -0.1) is 0 Å². The molecule has 0 radical (unpaired) electrons. The molecule has 0 saturated heterocycles. The Morgan fingerprint density at radius 2 is 2.20 bits per heavy atom. The molecule has 2 aromatic rings. The van der Waals surface area contributed by atoms with Crippen LogP contribution in [0.1, 0.15) is 36.5 Å². The molecule has 2 aliphatic rings. The zero-order valence-corrected chi connectivity index (χ0v) is 17.4. The third-order valence-corrected chi connectivity index (χ3v) is 6.27. The fourth-order valence-corrected chi connectivity index (χ4v) is 4.81. The molecule has 0 bridgehead atoms. The summed E-state index contributed by atoms with van der Waals surface area (Å²) in [6.45, 7) is 1.96. The highest BCUT2D eigenvalue weighted by atomic mass is 32.2. The fraction of sp³-hybridized carbons (Fsp3) is 0.304. The summed E-state index contributed by atoms with van der Waals surface area (Å²) in [5.41, 5.74) is 3.11. The normalized spacial score (nSPS) is 20.9. The van der Waals surface area contributed by atoms with E-state index in [0.29, 0.717) is 29.2 Å². The van der Waals surface area contributed by atoms with Crippen LogP contribution >= 0.6 is 11.8 Å². The minimum Gasteiger partial charge on any atom is -0.469 e. The minimum atomic E-state index is -0.659. The molecule has 7 heteroatoms. The van der Waals surface area contributed by atoms with E-state index in [1.165, 1.54) is 11.8 Å². The third kappa shape index (κ3) is 4.10. The van der Waals surface area contributed by atoms with Crippen molar-refractivity contribution in [1.29, 1.82) is 5.26 Å². The van der Waals surface area contributed by atoms with Crippen molar-refractivity contribution in [3.63, 3.8) is 0 Å². The summed E-state index contributed by atoms with van der Waals surface area (Å²) in [4.78, 5) is 29.8. The number of nitrogens with zero attached hydrogens (tertiary/aromatic N) is 2. The molecule has 1 unspecified atom stereocenters. The van der Waals surface area contributed by atoms with E-state index >= 15 is 0 Å². The average molecular weight is 420 g/mol. The molecule has 30 heavy (non-hydrogen) atoms. The molecule has 152 valence electrons. The highest BCUT2D eigenvalue weighted by Crippen LogP contribution is 2.44. The number of carbonyl (C=O) groups excluding carboxylic acids is 2. The van der Waals surface area contributed by atoms with Gasteiger partial charge >= 0.3 is 0 Å². The molecule has 1 aliphatic heterocycles. The first-order chi connectivity index (χ1) is 14.6. The van der Waals surface area contributed by atoms with Gasteiger partial charge in [0.2, 0.25) is 5.91 Å². The lowest BCUT2D eigenvalue weighted by atomic mass is 9.76. The number of aliphatic imine (C=N–C) groups is 1. The van der Waals surface area contributed by atoms with Gasteiger partial charge in [-0.3, -0.25) is 9.59 Å². The molecule has 4 rings (SSSR count). The van der Waals surface area contributed by atoms with Crippen molar-refractivity contribution in [3.05, 3.63) is 65.3 Å². The van der Waals surface area contributed by atoms with Crippen LogP contribution in [-0.2, 0) is 9.59 Å². The minimum absolute atomic E-state index is 0.0305. The molecule has 6 nitrogen and oxygen atoms in total. The summed E-state index contributed by atoms with van der Waals surface area (Å²) in [5.74, 6) is -0.559. The molecule has 2 atom stereocenters. The zero-order chi connectivity index (χ0) is 21.1. The lowest BCUT2D eigenvalue weighted by Crippen LogP contribution is -2.31. The molecule has 1 amide bonds. The van der Waals surface area contributed by atoms with Gasteiger partial charge in [-0.25, -0.2) is 4.99 Å². The van der Waals surface area contributed by atoms with Gasteiger partial charge in [0, 0.05) is 23.4 Å². The Morgan fingerprint density at radius 3 is 2.93 bits per heavy atom. The fourth-order valence-electron chi connectivity index (χ4n) is 3.91. The number of amides is 1. The Kier molecular flexibility index (Phi) is 5.86. The van der Waals surface area contributed by atoms with Crippen LogP contribution in [-0.4, -0.2) is 22.5 Å². The number of anilines is 1. The number of nitriles is 1. The van der Waals surface area contributed by atoms with Gasteiger partial charge < -0.3 is 9.73 Å². The summed E-state index contributed by atoms with van der Waals surface area (Å²) in [5, 5.41) is 13.4. The number of aryl methyl sites for hydroxylation is 1. The standard InChI is InChI=1S/C23H21N3O3S/c1-14-5-2-6-15(11-14)25-20(28)13-30-23-16(12-24)21(19-9-4-10-29-19)22-17(26-23)7-3-8-18(22)27/h2,4-6,9-11,16,21H,3,7-8,13H2,1H3,(H,25,28)/t16?,21-/m1/s1. The van der Waals surface area contributed by atoms with Gasteiger partial charge in [-0.05, 0) is 49.6 Å². The third-order valence-electron chi connectivity index (χ3n) is 5.23. The maximum Gasteiger partial charge on any atom is 0.234 e. The highest BCUT2D eigenvalue weighted by molar-refractivity contribution is 8.14. The number of thioether (sulfide) groups is 1. The highest BCUT2D eigenvalue weighted by Gasteiger charge is 2.42. The maximum absolute atomic E-state index is 12.6. The van der Waals surface area contributed by atoms with Crippen molar-refractivity contribution < 1.29 is 14.0 Å². The summed E-state index contributed by atoms with van der Waals surface area (Å²) in [6.07, 6.45) is 3.45. The van der Waals surface area contributed by atoms with Crippen LogP contribution in [0.15, 0.2) is 63.3 Å². The summed E-state index contributed by atoms with van der Waals surface area (Å²) >= 11 is 1.25. The van der Waals surface area contributed by atoms with Gasteiger partial charge in [0.25, 0.3) is 0 Å². The number of furan rings is 1. The van der Waals surface area contributed by atoms with E-state index in [0.717, 1.165) is 23.4 Å². The molecule has 1 aromatic heterocycles. The van der Waals surface area contributed by atoms with Crippen molar-refractivity contribution in [2.45, 2.75) is 32.1 Å². The first-order valence-corrected chi connectivity index (χ1v) is 10.8. The van der Waals surface area contributed by atoms with E-state index in [-0.39, 0.29) is 17.4 Å². The first-order valence-electron chi connectivity index (χ1n) is 9.84. The van der Waals surface area contributed by atoms with E-state index in [1.54, 1.807) is 18.4 Å². The van der Waals surface area contributed by atoms with Crippen LogP contribution < -0.4 is 5.32 Å². The number of hydrogen-bond donors (Lipinski definition) is 1. The van der Waals surface area contributed by atoms with Gasteiger partial charge in [0.15, 0.2) is 5.78 Å². The van der Waals surface area contributed by atoms with Crippen molar-refractivity contribution in [1.82, 2.24) is 0 Å². The number of benzene rings is 1. The van der Waals surface area contributed by atoms with Crippen LogP contribution in [0.25, 0.3) is 0 Å². The summed E-state index contributed by atoms with van der Waals surface area (Å²) in [6, 6.07) is 13.4. The molecule has 0 saturated carbocycles. The van der Waals surface area contributed by atoms with E-state index in [9.17, 15) is 14.9 Å². The Bertz CT molecular complexity index is 1080. The second-order valence-corrected chi connectivity index (χ2v) is 8.39. The lowest BCUT2D eigenvalue weighted by Gasteiger charge is -2.31. The Morgan fingerprint density at radius 1 is 1.33 bits per heavy atom. The lowest BCUT2D eigenvalue weighted by molar-refractivity contribution is -0.116. The Balaban J connectivity index is 1.57. The van der Waals surface area contributed by atoms with E-state index in [1.807, 2.05) is 31.2 Å². The summed E-state index contributed by atoms with van der Waals surface area (Å²) < 4.78 is 5.59. The Labute approximate surface area is 179 Å². The van der Waals surface area contributed by atoms with Crippen molar-refractivity contribution in [3.8, 4) is 6.07 Å². The monoisotopic (exact) mass is 419 g/mol. The smallest absolute Gasteiger partial charge is 0.234 e. The quantitative estimate of drug-likeness (QED) is 0.781. The molecule has 1 aliphatic carbocycles. The zero-order valence-electron chi connectivity index (χ0n) is 16.6. The maximum atomic E-state index is 12.6. The number of nitrogens with one attached hydrogen (secondary N) is 1. The average Bonchev–Trinajstić information content (AvgIpc) is 3.26.